The molecule has 19 heavy (non-hydrogen) atoms. The third-order valence-corrected chi connectivity index (χ3v) is 2.79. The van der Waals surface area contributed by atoms with Crippen LogP contribution in [0.15, 0.2) is 18.2 Å². The summed E-state index contributed by atoms with van der Waals surface area (Å²) < 4.78 is 31.5. The molecule has 0 spiro atoms. The van der Waals surface area contributed by atoms with Gasteiger partial charge in [-0.15, -0.1) is 0 Å². The molecule has 1 atom stereocenters. The molecule has 0 radical (unpaired) electrons. The van der Waals surface area contributed by atoms with E-state index in [1.165, 1.54) is 0 Å². The largest absolute Gasteiger partial charge is 0.490 e. The fraction of sp³-hybridized carbons (Fsp3) is 0.571. The summed E-state index contributed by atoms with van der Waals surface area (Å²) in [5.41, 5.74) is -0.502. The summed E-state index contributed by atoms with van der Waals surface area (Å²) in [6.45, 7) is 5.94. The van der Waals surface area contributed by atoms with Gasteiger partial charge in [0.05, 0.1) is 13.2 Å². The molecule has 3 nitrogen and oxygen atoms in total. The molecule has 0 aliphatic heterocycles. The highest BCUT2D eigenvalue weighted by Gasteiger charge is 2.23. The second kappa shape index (κ2) is 6.82. The molecule has 2 N–H and O–H groups in total. The Morgan fingerprint density at radius 1 is 1.37 bits per heavy atom. The highest BCUT2D eigenvalue weighted by molar-refractivity contribution is 5.24. The van der Waals surface area contributed by atoms with E-state index in [-0.39, 0.29) is 25.0 Å². The summed E-state index contributed by atoms with van der Waals surface area (Å²) in [6, 6.07) is 3.30. The fourth-order valence-electron chi connectivity index (χ4n) is 1.87. The van der Waals surface area contributed by atoms with Crippen molar-refractivity contribution in [2.24, 2.45) is 0 Å². The summed E-state index contributed by atoms with van der Waals surface area (Å²) in [4.78, 5) is 0. The van der Waals surface area contributed by atoms with Gasteiger partial charge in [0.15, 0.2) is 11.6 Å². The molecule has 108 valence electrons. The van der Waals surface area contributed by atoms with E-state index in [0.29, 0.717) is 6.42 Å². The normalized spacial score (nSPS) is 14.5. The average molecular weight is 273 g/mol. The second-order valence-corrected chi connectivity index (χ2v) is 5.19. The number of aliphatic hydroxyl groups is 1. The Balaban J connectivity index is 2.55. The molecule has 0 aliphatic rings. The standard InChI is InChI=1S/C14H21F2NO2/c1-10(2)17-14(3,9-18)6-7-19-13-8-11(15)4-5-12(13)16/h4-5,8,10,17-18H,6-7,9H2,1-3H3. The van der Waals surface area contributed by atoms with Crippen LogP contribution >= 0.6 is 0 Å². The van der Waals surface area contributed by atoms with Crippen LogP contribution < -0.4 is 10.1 Å². The van der Waals surface area contributed by atoms with E-state index in [4.69, 9.17) is 4.74 Å². The summed E-state index contributed by atoms with van der Waals surface area (Å²) in [6.07, 6.45) is 0.484. The molecule has 1 aromatic rings. The maximum atomic E-state index is 13.3. The van der Waals surface area contributed by atoms with Crippen LogP contribution in [-0.2, 0) is 0 Å². The molecule has 0 saturated heterocycles. The van der Waals surface area contributed by atoms with Gasteiger partial charge in [0, 0.05) is 24.1 Å². The van der Waals surface area contributed by atoms with Crippen LogP contribution in [0.1, 0.15) is 27.2 Å². The molecular weight excluding hydrogens is 252 g/mol. The minimum absolute atomic E-state index is 0.0554. The summed E-state index contributed by atoms with van der Waals surface area (Å²) >= 11 is 0. The molecule has 0 heterocycles. The topological polar surface area (TPSA) is 41.5 Å². The molecule has 1 unspecified atom stereocenters. The number of ether oxygens (including phenoxy) is 1. The summed E-state index contributed by atoms with van der Waals surface area (Å²) in [7, 11) is 0. The maximum Gasteiger partial charge on any atom is 0.165 e. The van der Waals surface area contributed by atoms with Gasteiger partial charge in [-0.1, -0.05) is 13.8 Å². The monoisotopic (exact) mass is 273 g/mol. The molecule has 0 saturated carbocycles. The van der Waals surface area contributed by atoms with Crippen LogP contribution in [0.3, 0.4) is 0 Å². The van der Waals surface area contributed by atoms with Gasteiger partial charge in [0.1, 0.15) is 5.82 Å². The molecule has 0 bridgehead atoms. The van der Waals surface area contributed by atoms with Crippen molar-refractivity contribution < 1.29 is 18.6 Å². The first-order valence-corrected chi connectivity index (χ1v) is 6.33. The lowest BCUT2D eigenvalue weighted by Crippen LogP contribution is -2.50. The number of rotatable bonds is 7. The van der Waals surface area contributed by atoms with E-state index in [1.54, 1.807) is 0 Å². The van der Waals surface area contributed by atoms with Crippen LogP contribution in [0.2, 0.25) is 0 Å². The van der Waals surface area contributed by atoms with Crippen molar-refractivity contribution in [3.05, 3.63) is 29.8 Å². The molecule has 1 aromatic carbocycles. The Labute approximate surface area is 112 Å². The zero-order valence-electron chi connectivity index (χ0n) is 11.5. The van der Waals surface area contributed by atoms with Crippen LogP contribution in [0.25, 0.3) is 0 Å². The van der Waals surface area contributed by atoms with Crippen LogP contribution in [0.4, 0.5) is 8.78 Å². The highest BCUT2D eigenvalue weighted by Crippen LogP contribution is 2.19. The lowest BCUT2D eigenvalue weighted by molar-refractivity contribution is 0.135. The van der Waals surface area contributed by atoms with E-state index >= 15 is 0 Å². The van der Waals surface area contributed by atoms with Crippen molar-refractivity contribution in [2.75, 3.05) is 13.2 Å². The Bertz CT molecular complexity index is 412. The number of hydrogen-bond acceptors (Lipinski definition) is 3. The predicted octanol–water partition coefficient (Wildman–Crippen LogP) is 2.48. The Hall–Kier alpha value is -1.20. The molecule has 0 amide bonds. The van der Waals surface area contributed by atoms with Crippen molar-refractivity contribution in [1.82, 2.24) is 5.32 Å². The lowest BCUT2D eigenvalue weighted by Gasteiger charge is -2.31. The van der Waals surface area contributed by atoms with Gasteiger partial charge in [0.2, 0.25) is 0 Å². The lowest BCUT2D eigenvalue weighted by atomic mass is 9.98. The quantitative estimate of drug-likeness (QED) is 0.802. The zero-order valence-corrected chi connectivity index (χ0v) is 11.5. The Morgan fingerprint density at radius 2 is 2.05 bits per heavy atom. The van der Waals surface area contributed by atoms with Crippen molar-refractivity contribution in [1.29, 1.82) is 0 Å². The van der Waals surface area contributed by atoms with Crippen LogP contribution in [0, 0.1) is 11.6 Å². The first kappa shape index (κ1) is 15.9. The summed E-state index contributed by atoms with van der Waals surface area (Å²) in [5.74, 6) is -1.24. The number of benzene rings is 1. The van der Waals surface area contributed by atoms with E-state index < -0.39 is 17.2 Å². The van der Waals surface area contributed by atoms with E-state index in [9.17, 15) is 13.9 Å². The van der Waals surface area contributed by atoms with Gasteiger partial charge >= 0.3 is 0 Å². The Morgan fingerprint density at radius 3 is 2.63 bits per heavy atom. The SMILES string of the molecule is CC(C)NC(C)(CO)CCOc1cc(F)ccc1F. The van der Waals surface area contributed by atoms with Gasteiger partial charge in [-0.2, -0.15) is 0 Å². The minimum Gasteiger partial charge on any atom is -0.490 e. The third kappa shape index (κ3) is 5.12. The number of nitrogens with one attached hydrogen (secondary N) is 1. The highest BCUT2D eigenvalue weighted by atomic mass is 19.1. The van der Waals surface area contributed by atoms with Crippen molar-refractivity contribution in [3.63, 3.8) is 0 Å². The van der Waals surface area contributed by atoms with Gasteiger partial charge in [-0.25, -0.2) is 8.78 Å². The van der Waals surface area contributed by atoms with Gasteiger partial charge in [0.25, 0.3) is 0 Å². The van der Waals surface area contributed by atoms with Gasteiger partial charge in [-0.3, -0.25) is 0 Å². The van der Waals surface area contributed by atoms with Crippen molar-refractivity contribution in [2.45, 2.75) is 38.8 Å². The smallest absolute Gasteiger partial charge is 0.165 e. The molecule has 1 rings (SSSR count). The van der Waals surface area contributed by atoms with Crippen molar-refractivity contribution >= 4 is 0 Å². The first-order valence-electron chi connectivity index (χ1n) is 6.33. The first-order chi connectivity index (χ1) is 8.86. The molecule has 0 aliphatic carbocycles. The zero-order chi connectivity index (χ0) is 14.5. The average Bonchev–Trinajstić information content (AvgIpc) is 2.32. The van der Waals surface area contributed by atoms with Crippen LogP contribution in [-0.4, -0.2) is 29.9 Å². The number of hydrogen-bond donors (Lipinski definition) is 2. The number of aliphatic hydroxyl groups excluding tert-OH is 1. The van der Waals surface area contributed by atoms with Crippen molar-refractivity contribution in [3.8, 4) is 5.75 Å². The Kier molecular flexibility index (Phi) is 5.69. The predicted molar refractivity (Wildman–Crippen MR) is 70.2 cm³/mol. The molecule has 0 fully saturated rings. The minimum atomic E-state index is -0.594. The van der Waals surface area contributed by atoms with Gasteiger partial charge in [-0.05, 0) is 19.1 Å². The van der Waals surface area contributed by atoms with Crippen LogP contribution in [0.5, 0.6) is 5.75 Å². The van der Waals surface area contributed by atoms with Gasteiger partial charge < -0.3 is 15.2 Å². The molecule has 0 aromatic heterocycles. The third-order valence-electron chi connectivity index (χ3n) is 2.79. The van der Waals surface area contributed by atoms with E-state index in [2.05, 4.69) is 5.32 Å². The molecule has 5 heteroatoms. The van der Waals surface area contributed by atoms with E-state index in [0.717, 1.165) is 18.2 Å². The second-order valence-electron chi connectivity index (χ2n) is 5.19. The van der Waals surface area contributed by atoms with E-state index in [1.807, 2.05) is 20.8 Å². The number of halogens is 2. The molecular formula is C14H21F2NO2. The fourth-order valence-corrected chi connectivity index (χ4v) is 1.87. The summed E-state index contributed by atoms with van der Waals surface area (Å²) in [5, 5.41) is 12.6. The maximum absolute atomic E-state index is 13.3.